The van der Waals surface area contributed by atoms with Crippen molar-refractivity contribution < 1.29 is 17.9 Å². The van der Waals surface area contributed by atoms with Crippen LogP contribution < -0.4 is 15.2 Å². The minimum atomic E-state index is -4.23. The highest BCUT2D eigenvalue weighted by atomic mass is 32.2. The molecule has 0 fully saturated rings. The smallest absolute Gasteiger partial charge is 0.281 e. The lowest BCUT2D eigenvalue weighted by molar-refractivity contribution is -0.131. The van der Waals surface area contributed by atoms with Crippen molar-refractivity contribution in [3.8, 4) is 5.75 Å². The van der Waals surface area contributed by atoms with E-state index in [9.17, 15) is 13.2 Å². The van der Waals surface area contributed by atoms with E-state index in [1.165, 1.54) is 23.8 Å². The number of aromatic nitrogens is 1. The van der Waals surface area contributed by atoms with Gasteiger partial charge in [-0.05, 0) is 79.8 Å². The predicted octanol–water partition coefficient (Wildman–Crippen LogP) is 3.33. The molecule has 0 bridgehead atoms. The molecule has 1 aliphatic rings. The van der Waals surface area contributed by atoms with Gasteiger partial charge in [-0.25, -0.2) is 9.71 Å². The number of nitrogens with one attached hydrogen (secondary N) is 1. The molecule has 1 unspecified atom stereocenters. The SMILES string of the molecule is COc1ccc2c(c1)CN(Cc1c(C)cc(C)cc1C)C2(C)C(=O)NS(=O)(=O)c1cccc(N)n1. The van der Waals surface area contributed by atoms with E-state index < -0.39 is 21.5 Å². The molecule has 1 aliphatic heterocycles. The van der Waals surface area contributed by atoms with Gasteiger partial charge in [0.1, 0.15) is 17.1 Å². The van der Waals surface area contributed by atoms with E-state index >= 15 is 0 Å². The lowest BCUT2D eigenvalue weighted by atomic mass is 9.90. The first-order valence-corrected chi connectivity index (χ1v) is 12.7. The van der Waals surface area contributed by atoms with E-state index in [0.717, 1.165) is 27.8 Å². The molecule has 0 radical (unpaired) electrons. The molecule has 0 saturated heterocycles. The Labute approximate surface area is 206 Å². The molecule has 0 saturated carbocycles. The summed E-state index contributed by atoms with van der Waals surface area (Å²) in [5.41, 5.74) is 10.6. The van der Waals surface area contributed by atoms with E-state index in [0.29, 0.717) is 18.8 Å². The van der Waals surface area contributed by atoms with Crippen LogP contribution in [0.3, 0.4) is 0 Å². The molecule has 2 heterocycles. The number of carbonyl (C=O) groups excluding carboxylic acids is 1. The maximum absolute atomic E-state index is 13.8. The number of fused-ring (bicyclic) bond motifs is 1. The van der Waals surface area contributed by atoms with Gasteiger partial charge in [-0.1, -0.05) is 29.8 Å². The van der Waals surface area contributed by atoms with Gasteiger partial charge in [-0.15, -0.1) is 0 Å². The van der Waals surface area contributed by atoms with Crippen LogP contribution in [0.4, 0.5) is 5.82 Å². The highest BCUT2D eigenvalue weighted by molar-refractivity contribution is 7.90. The van der Waals surface area contributed by atoms with Crippen molar-refractivity contribution in [3.63, 3.8) is 0 Å². The van der Waals surface area contributed by atoms with E-state index in [4.69, 9.17) is 10.5 Å². The molecular weight excluding hydrogens is 464 g/mol. The number of nitrogens with two attached hydrogens (primary N) is 1. The number of nitrogens with zero attached hydrogens (tertiary/aromatic N) is 2. The molecular formula is C26H30N4O4S. The average Bonchev–Trinajstić information content (AvgIpc) is 3.07. The van der Waals surface area contributed by atoms with Crippen molar-refractivity contribution in [1.29, 1.82) is 0 Å². The Morgan fingerprint density at radius 2 is 1.83 bits per heavy atom. The first-order chi connectivity index (χ1) is 16.5. The maximum Gasteiger partial charge on any atom is 0.281 e. The normalized spacial score (nSPS) is 17.7. The number of methoxy groups -OCH3 is 1. The first-order valence-electron chi connectivity index (χ1n) is 11.2. The van der Waals surface area contributed by atoms with Gasteiger partial charge in [-0.2, -0.15) is 8.42 Å². The molecule has 9 heteroatoms. The minimum Gasteiger partial charge on any atom is -0.497 e. The van der Waals surface area contributed by atoms with E-state index in [-0.39, 0.29) is 10.8 Å². The quantitative estimate of drug-likeness (QED) is 0.540. The van der Waals surface area contributed by atoms with Crippen LogP contribution in [0.5, 0.6) is 5.75 Å². The highest BCUT2D eigenvalue weighted by Gasteiger charge is 2.48. The molecule has 3 N–H and O–H groups in total. The number of aryl methyl sites for hydroxylation is 3. The lowest BCUT2D eigenvalue weighted by Gasteiger charge is -2.35. The van der Waals surface area contributed by atoms with Crippen molar-refractivity contribution in [2.45, 2.75) is 51.3 Å². The number of ether oxygens (including phenoxy) is 1. The molecule has 1 atom stereocenters. The van der Waals surface area contributed by atoms with Gasteiger partial charge < -0.3 is 10.5 Å². The number of hydrogen-bond acceptors (Lipinski definition) is 7. The van der Waals surface area contributed by atoms with E-state index in [1.54, 1.807) is 20.1 Å². The van der Waals surface area contributed by atoms with Crippen molar-refractivity contribution >= 4 is 21.7 Å². The predicted molar refractivity (Wildman–Crippen MR) is 134 cm³/mol. The largest absolute Gasteiger partial charge is 0.497 e. The van der Waals surface area contributed by atoms with E-state index in [2.05, 4.69) is 42.6 Å². The van der Waals surface area contributed by atoms with Crippen LogP contribution in [0, 0.1) is 20.8 Å². The third-order valence-corrected chi connectivity index (χ3v) is 7.94. The van der Waals surface area contributed by atoms with Gasteiger partial charge in [0.05, 0.1) is 7.11 Å². The number of anilines is 1. The van der Waals surface area contributed by atoms with Crippen molar-refractivity contribution in [2.75, 3.05) is 12.8 Å². The summed E-state index contributed by atoms with van der Waals surface area (Å²) in [5.74, 6) is 0.0671. The summed E-state index contributed by atoms with van der Waals surface area (Å²) in [6.07, 6.45) is 0. The van der Waals surface area contributed by atoms with Gasteiger partial charge >= 0.3 is 0 Å². The summed E-state index contributed by atoms with van der Waals surface area (Å²) in [7, 11) is -2.65. The molecule has 0 aliphatic carbocycles. The Hall–Kier alpha value is -3.43. The van der Waals surface area contributed by atoms with Crippen LogP contribution in [0.15, 0.2) is 53.6 Å². The van der Waals surface area contributed by atoms with Gasteiger partial charge in [0.25, 0.3) is 15.9 Å². The van der Waals surface area contributed by atoms with Crippen LogP contribution in [0.1, 0.15) is 40.3 Å². The fraction of sp³-hybridized carbons (Fsp3) is 0.308. The third kappa shape index (κ3) is 4.49. The third-order valence-electron chi connectivity index (χ3n) is 6.71. The topological polar surface area (TPSA) is 115 Å². The molecule has 8 nitrogen and oxygen atoms in total. The fourth-order valence-electron chi connectivity index (χ4n) is 4.82. The first kappa shape index (κ1) is 24.7. The summed E-state index contributed by atoms with van der Waals surface area (Å²) in [6, 6.07) is 14.0. The number of rotatable bonds is 6. The standard InChI is InChI=1S/C26H30N4O4S/c1-16-11-17(2)21(18(3)12-16)15-30-14-19-13-20(34-5)9-10-22(19)26(30,4)25(31)29-35(32,33)24-8-6-7-23(27)28-24/h6-13H,14-15H2,1-5H3,(H2,27,28)(H,29,31). The number of carbonyl (C=O) groups is 1. The summed E-state index contributed by atoms with van der Waals surface area (Å²) in [6.45, 7) is 8.83. The lowest BCUT2D eigenvalue weighted by Crippen LogP contribution is -2.52. The van der Waals surface area contributed by atoms with Gasteiger partial charge in [-0.3, -0.25) is 9.69 Å². The second kappa shape index (κ2) is 8.98. The number of sulfonamides is 1. The van der Waals surface area contributed by atoms with Crippen LogP contribution in [-0.2, 0) is 33.4 Å². The Kier molecular flexibility index (Phi) is 6.33. The number of amides is 1. The Morgan fingerprint density at radius 1 is 1.14 bits per heavy atom. The summed E-state index contributed by atoms with van der Waals surface area (Å²) in [5, 5.41) is -0.306. The zero-order valence-electron chi connectivity index (χ0n) is 20.5. The Bertz CT molecular complexity index is 1400. The number of nitrogen functional groups attached to an aromatic ring is 1. The monoisotopic (exact) mass is 494 g/mol. The second-order valence-electron chi connectivity index (χ2n) is 9.16. The Morgan fingerprint density at radius 3 is 2.46 bits per heavy atom. The highest BCUT2D eigenvalue weighted by Crippen LogP contribution is 2.42. The second-order valence-corrected chi connectivity index (χ2v) is 10.8. The minimum absolute atomic E-state index is 0.0526. The molecule has 3 aromatic rings. The van der Waals surface area contributed by atoms with Gasteiger partial charge in [0.2, 0.25) is 0 Å². The molecule has 184 valence electrons. The van der Waals surface area contributed by atoms with Gasteiger partial charge in [0.15, 0.2) is 5.03 Å². The summed E-state index contributed by atoms with van der Waals surface area (Å²) >= 11 is 0. The van der Waals surface area contributed by atoms with Crippen molar-refractivity contribution in [2.24, 2.45) is 0 Å². The number of hydrogen-bond donors (Lipinski definition) is 2. The van der Waals surface area contributed by atoms with E-state index in [1.807, 2.05) is 17.0 Å². The molecule has 2 aromatic carbocycles. The fourth-order valence-corrected chi connectivity index (χ4v) is 5.85. The zero-order chi connectivity index (χ0) is 25.5. The molecule has 4 rings (SSSR count). The molecule has 1 amide bonds. The zero-order valence-corrected chi connectivity index (χ0v) is 21.4. The summed E-state index contributed by atoms with van der Waals surface area (Å²) < 4.78 is 33.7. The maximum atomic E-state index is 13.8. The average molecular weight is 495 g/mol. The van der Waals surface area contributed by atoms with Crippen molar-refractivity contribution in [1.82, 2.24) is 14.6 Å². The number of benzene rings is 2. The van der Waals surface area contributed by atoms with Crippen LogP contribution in [0.2, 0.25) is 0 Å². The van der Waals surface area contributed by atoms with Crippen LogP contribution in [0.25, 0.3) is 0 Å². The van der Waals surface area contributed by atoms with Crippen LogP contribution in [-0.4, -0.2) is 31.3 Å². The van der Waals surface area contributed by atoms with Crippen LogP contribution >= 0.6 is 0 Å². The molecule has 0 spiro atoms. The van der Waals surface area contributed by atoms with Crippen molar-refractivity contribution in [3.05, 3.63) is 81.9 Å². The number of pyridine rings is 1. The molecule has 35 heavy (non-hydrogen) atoms. The molecule has 1 aromatic heterocycles. The Balaban J connectivity index is 1.76. The summed E-state index contributed by atoms with van der Waals surface area (Å²) in [4.78, 5) is 19.6. The van der Waals surface area contributed by atoms with Gasteiger partial charge in [0, 0.05) is 13.1 Å².